The van der Waals surface area contributed by atoms with Gasteiger partial charge in [0.1, 0.15) is 0 Å². The van der Waals surface area contributed by atoms with Gasteiger partial charge in [0.15, 0.2) is 5.75 Å². The fourth-order valence-electron chi connectivity index (χ4n) is 1.23. The van der Waals surface area contributed by atoms with E-state index in [1.165, 1.54) is 13.3 Å². The van der Waals surface area contributed by atoms with Crippen LogP contribution in [-0.2, 0) is 11.9 Å². The van der Waals surface area contributed by atoms with Crippen LogP contribution in [0.2, 0.25) is 0 Å². The Morgan fingerprint density at radius 1 is 1.47 bits per heavy atom. The smallest absolute Gasteiger partial charge is 0.491 e. The monoisotopic (exact) mass is 315 g/mol. The van der Waals surface area contributed by atoms with Gasteiger partial charge in [0.05, 0.1) is 13.7 Å². The van der Waals surface area contributed by atoms with Gasteiger partial charge in [-0.15, -0.1) is 13.2 Å². The summed E-state index contributed by atoms with van der Waals surface area (Å²) in [5.74, 6) is -0.935. The Hall–Kier alpha value is -1.02. The third kappa shape index (κ3) is 3.47. The minimum absolute atomic E-state index is 0.207. The molecule has 1 aromatic heterocycles. The van der Waals surface area contributed by atoms with E-state index in [0.717, 1.165) is 0 Å². The Bertz CT molecular complexity index is 398. The van der Waals surface area contributed by atoms with E-state index in [9.17, 15) is 13.2 Å². The van der Waals surface area contributed by atoms with Gasteiger partial charge in [0.2, 0.25) is 0 Å². The summed E-state index contributed by atoms with van der Waals surface area (Å²) in [6.07, 6.45) is -3.67. The minimum atomic E-state index is -4.86. The predicted molar refractivity (Wildman–Crippen MR) is 56.0 cm³/mol. The number of rotatable bonds is 4. The highest BCUT2D eigenvalue weighted by molar-refractivity contribution is 9.08. The molecular formula is C9H9BrF3NO3. The molecule has 0 unspecified atom stereocenters. The maximum absolute atomic E-state index is 12.1. The first-order valence-corrected chi connectivity index (χ1v) is 5.52. The van der Waals surface area contributed by atoms with Gasteiger partial charge in [-0.25, -0.2) is 4.98 Å². The Kier molecular flexibility index (Phi) is 4.58. The lowest BCUT2D eigenvalue weighted by molar-refractivity contribution is -0.276. The van der Waals surface area contributed by atoms with Crippen molar-refractivity contribution in [3.8, 4) is 11.6 Å². The zero-order chi connectivity index (χ0) is 13.1. The number of ether oxygens (including phenoxy) is 2. The zero-order valence-corrected chi connectivity index (χ0v) is 10.3. The van der Waals surface area contributed by atoms with Crippen molar-refractivity contribution in [1.29, 1.82) is 0 Å². The largest absolute Gasteiger partial charge is 0.574 e. The SMILES string of the molecule is COc1c(OC(F)(F)F)ncc(CBr)c1CO. The van der Waals surface area contributed by atoms with Crippen molar-refractivity contribution in [3.05, 3.63) is 17.3 Å². The lowest BCUT2D eigenvalue weighted by Gasteiger charge is -2.15. The molecule has 0 radical (unpaired) electrons. The summed E-state index contributed by atoms with van der Waals surface area (Å²) in [4.78, 5) is 3.51. The average Bonchev–Trinajstić information content (AvgIpc) is 2.26. The van der Waals surface area contributed by atoms with Gasteiger partial charge < -0.3 is 14.6 Å². The molecule has 0 aliphatic carbocycles. The molecule has 0 fully saturated rings. The van der Waals surface area contributed by atoms with Crippen LogP contribution in [0.4, 0.5) is 13.2 Å². The molecule has 0 aliphatic heterocycles. The molecule has 0 spiro atoms. The first-order chi connectivity index (χ1) is 7.92. The van der Waals surface area contributed by atoms with Crippen molar-refractivity contribution in [3.63, 3.8) is 0 Å². The van der Waals surface area contributed by atoms with Crippen LogP contribution in [0.1, 0.15) is 11.1 Å². The molecule has 1 aromatic rings. The van der Waals surface area contributed by atoms with Crippen molar-refractivity contribution in [2.24, 2.45) is 0 Å². The quantitative estimate of drug-likeness (QED) is 0.867. The third-order valence-corrected chi connectivity index (χ3v) is 2.52. The van der Waals surface area contributed by atoms with Crippen LogP contribution in [0.5, 0.6) is 11.6 Å². The van der Waals surface area contributed by atoms with Gasteiger partial charge in [-0.2, -0.15) is 0 Å². The van der Waals surface area contributed by atoms with E-state index in [4.69, 9.17) is 9.84 Å². The van der Waals surface area contributed by atoms with E-state index < -0.39 is 18.8 Å². The van der Waals surface area contributed by atoms with Crippen LogP contribution in [0.25, 0.3) is 0 Å². The van der Waals surface area contributed by atoms with Crippen LogP contribution in [0.15, 0.2) is 6.20 Å². The summed E-state index contributed by atoms with van der Waals surface area (Å²) in [6, 6.07) is 0. The Morgan fingerprint density at radius 3 is 2.53 bits per heavy atom. The number of nitrogens with zero attached hydrogens (tertiary/aromatic N) is 1. The highest BCUT2D eigenvalue weighted by Crippen LogP contribution is 2.35. The number of methoxy groups -OCH3 is 1. The fourth-order valence-corrected chi connectivity index (χ4v) is 1.71. The number of hydrogen-bond acceptors (Lipinski definition) is 4. The number of halogens is 4. The highest BCUT2D eigenvalue weighted by atomic mass is 79.9. The molecule has 0 bridgehead atoms. The Morgan fingerprint density at radius 2 is 2.12 bits per heavy atom. The first kappa shape index (κ1) is 14.0. The maximum Gasteiger partial charge on any atom is 0.574 e. The molecule has 1 N–H and O–H groups in total. The van der Waals surface area contributed by atoms with E-state index in [1.54, 1.807) is 0 Å². The van der Waals surface area contributed by atoms with Crippen LogP contribution >= 0.6 is 15.9 Å². The molecular weight excluding hydrogens is 307 g/mol. The van der Waals surface area contributed by atoms with Crippen molar-refractivity contribution < 1.29 is 27.8 Å². The summed E-state index contributed by atoms with van der Waals surface area (Å²) < 4.78 is 44.7. The van der Waals surface area contributed by atoms with Crippen LogP contribution < -0.4 is 9.47 Å². The maximum atomic E-state index is 12.1. The van der Waals surface area contributed by atoms with Crippen LogP contribution in [0.3, 0.4) is 0 Å². The molecule has 0 amide bonds. The molecule has 1 rings (SSSR count). The van der Waals surface area contributed by atoms with E-state index in [0.29, 0.717) is 10.9 Å². The zero-order valence-electron chi connectivity index (χ0n) is 8.71. The Labute approximate surface area is 103 Å². The molecule has 0 saturated carbocycles. The topological polar surface area (TPSA) is 51.6 Å². The van der Waals surface area contributed by atoms with E-state index >= 15 is 0 Å². The number of aliphatic hydroxyl groups is 1. The van der Waals surface area contributed by atoms with E-state index in [2.05, 4.69) is 25.7 Å². The van der Waals surface area contributed by atoms with Crippen molar-refractivity contribution >= 4 is 15.9 Å². The van der Waals surface area contributed by atoms with Crippen molar-refractivity contribution in [1.82, 2.24) is 4.98 Å². The summed E-state index contributed by atoms with van der Waals surface area (Å²) in [5.41, 5.74) is 0.734. The number of pyridine rings is 1. The number of aromatic nitrogens is 1. The second-order valence-electron chi connectivity index (χ2n) is 2.94. The van der Waals surface area contributed by atoms with Crippen molar-refractivity contribution in [2.45, 2.75) is 18.3 Å². The normalized spacial score (nSPS) is 11.4. The van der Waals surface area contributed by atoms with Gasteiger partial charge in [0, 0.05) is 17.1 Å². The lowest BCUT2D eigenvalue weighted by atomic mass is 10.1. The standard InChI is InChI=1S/C9H9BrF3NO3/c1-16-7-6(4-15)5(2-10)3-14-8(7)17-9(11,12)13/h3,15H,2,4H2,1H3. The molecule has 17 heavy (non-hydrogen) atoms. The summed E-state index contributed by atoms with van der Waals surface area (Å²) >= 11 is 3.13. The van der Waals surface area contributed by atoms with Crippen LogP contribution in [0, 0.1) is 0 Å². The second kappa shape index (κ2) is 5.54. The number of alkyl halides is 4. The molecule has 4 nitrogen and oxygen atoms in total. The predicted octanol–water partition coefficient (Wildman–Crippen LogP) is 2.38. The minimum Gasteiger partial charge on any atom is -0.491 e. The highest BCUT2D eigenvalue weighted by Gasteiger charge is 2.34. The molecule has 1 heterocycles. The average molecular weight is 316 g/mol. The first-order valence-electron chi connectivity index (χ1n) is 4.40. The second-order valence-corrected chi connectivity index (χ2v) is 3.50. The van der Waals surface area contributed by atoms with Crippen LogP contribution in [-0.4, -0.2) is 23.6 Å². The third-order valence-electron chi connectivity index (χ3n) is 1.91. The number of hydrogen-bond donors (Lipinski definition) is 1. The van der Waals surface area contributed by atoms with Gasteiger partial charge in [0.25, 0.3) is 5.88 Å². The molecule has 0 atom stereocenters. The van der Waals surface area contributed by atoms with Gasteiger partial charge in [-0.3, -0.25) is 0 Å². The molecule has 0 aliphatic rings. The number of aliphatic hydroxyl groups excluding tert-OH is 1. The van der Waals surface area contributed by atoms with Crippen molar-refractivity contribution in [2.75, 3.05) is 7.11 Å². The lowest BCUT2D eigenvalue weighted by Crippen LogP contribution is -2.19. The van der Waals surface area contributed by atoms with Gasteiger partial charge in [-0.05, 0) is 5.56 Å². The summed E-state index contributed by atoms with van der Waals surface area (Å²) in [7, 11) is 1.18. The summed E-state index contributed by atoms with van der Waals surface area (Å²) in [6.45, 7) is -0.471. The molecule has 96 valence electrons. The van der Waals surface area contributed by atoms with E-state index in [1.807, 2.05) is 0 Å². The summed E-state index contributed by atoms with van der Waals surface area (Å²) in [5, 5.41) is 9.45. The molecule has 8 heteroatoms. The molecule has 0 aromatic carbocycles. The Balaban J connectivity index is 3.23. The fraction of sp³-hybridized carbons (Fsp3) is 0.444. The molecule has 0 saturated heterocycles. The van der Waals surface area contributed by atoms with Gasteiger partial charge in [-0.1, -0.05) is 15.9 Å². The van der Waals surface area contributed by atoms with E-state index in [-0.39, 0.29) is 11.3 Å². The van der Waals surface area contributed by atoms with Gasteiger partial charge >= 0.3 is 6.36 Å².